The Kier molecular flexibility index (Phi) is 4.69. The number of nitrogens with zero attached hydrogens (tertiary/aromatic N) is 1. The number of amides is 2. The van der Waals surface area contributed by atoms with Gasteiger partial charge in [0, 0.05) is 18.3 Å². The Morgan fingerprint density at radius 1 is 1.15 bits per heavy atom. The number of anilines is 1. The van der Waals surface area contributed by atoms with E-state index in [0.717, 1.165) is 57.2 Å². The smallest absolute Gasteiger partial charge is 0.307 e. The molecule has 1 fully saturated rings. The van der Waals surface area contributed by atoms with Crippen molar-refractivity contribution in [1.29, 1.82) is 0 Å². The summed E-state index contributed by atoms with van der Waals surface area (Å²) >= 11 is 0. The zero-order valence-electron chi connectivity index (χ0n) is 15.3. The van der Waals surface area contributed by atoms with Crippen LogP contribution in [0.2, 0.25) is 0 Å². The lowest BCUT2D eigenvalue weighted by atomic mass is 9.99. The number of nitrogens with one attached hydrogen (secondary N) is 2. The lowest BCUT2D eigenvalue weighted by Gasteiger charge is -2.38. The van der Waals surface area contributed by atoms with Gasteiger partial charge in [0.2, 0.25) is 10.0 Å². The van der Waals surface area contributed by atoms with Crippen LogP contribution in [-0.4, -0.2) is 44.2 Å². The van der Waals surface area contributed by atoms with Gasteiger partial charge in [-0.1, -0.05) is 6.07 Å². The highest BCUT2D eigenvalue weighted by atomic mass is 32.2. The summed E-state index contributed by atoms with van der Waals surface area (Å²) in [6, 6.07) is 2.10. The fourth-order valence-electron chi connectivity index (χ4n) is 4.44. The average molecular weight is 378 g/mol. The Hall–Kier alpha value is -1.60. The summed E-state index contributed by atoms with van der Waals surface area (Å²) in [5.74, 6) is -0.0459. The second-order valence-electron chi connectivity index (χ2n) is 7.78. The van der Waals surface area contributed by atoms with Crippen LogP contribution in [0.1, 0.15) is 48.4 Å². The van der Waals surface area contributed by atoms with E-state index in [9.17, 15) is 13.2 Å². The Bertz CT molecular complexity index is 803. The lowest BCUT2D eigenvalue weighted by Crippen LogP contribution is -2.49. The molecule has 4 rings (SSSR count). The molecule has 3 aliphatic rings. The zero-order valence-corrected chi connectivity index (χ0v) is 16.1. The van der Waals surface area contributed by atoms with Gasteiger partial charge in [-0.25, -0.2) is 17.9 Å². The summed E-state index contributed by atoms with van der Waals surface area (Å²) in [5.41, 5.74) is 5.91. The molecule has 1 atom stereocenters. The fraction of sp³-hybridized carbons (Fsp3) is 0.632. The minimum absolute atomic E-state index is 0.0459. The fourth-order valence-corrected chi connectivity index (χ4v) is 5.35. The number of carbonyl (C=O) groups is 1. The average Bonchev–Trinajstić information content (AvgIpc) is 3.21. The molecule has 1 unspecified atom stereocenters. The number of aryl methyl sites for hydroxylation is 2. The standard InChI is InChI=1S/C19H27N3O3S/c1-13-8-9-22(13)10-11-26(24,25)21-19(23)20-18-16-6-2-4-14(16)12-15-5-3-7-17(15)18/h12-13H,2-11H2,1H3,(H2,20,21,23). The summed E-state index contributed by atoms with van der Waals surface area (Å²) in [6.07, 6.45) is 7.31. The van der Waals surface area contributed by atoms with Gasteiger partial charge in [-0.3, -0.25) is 4.90 Å². The maximum atomic E-state index is 12.4. The van der Waals surface area contributed by atoms with Gasteiger partial charge in [0.1, 0.15) is 0 Å². The molecule has 6 nitrogen and oxygen atoms in total. The number of sulfonamides is 1. The van der Waals surface area contributed by atoms with Gasteiger partial charge in [-0.05, 0) is 80.7 Å². The van der Waals surface area contributed by atoms with Gasteiger partial charge in [0.05, 0.1) is 5.75 Å². The first kappa shape index (κ1) is 17.8. The second kappa shape index (κ2) is 6.85. The van der Waals surface area contributed by atoms with Crippen LogP contribution in [0, 0.1) is 0 Å². The van der Waals surface area contributed by atoms with Crippen molar-refractivity contribution in [2.24, 2.45) is 0 Å². The highest BCUT2D eigenvalue weighted by molar-refractivity contribution is 7.90. The third-order valence-corrected chi connectivity index (χ3v) is 7.28. The third-order valence-electron chi connectivity index (χ3n) is 6.06. The van der Waals surface area contributed by atoms with E-state index in [1.807, 2.05) is 0 Å². The van der Waals surface area contributed by atoms with Gasteiger partial charge in [0.15, 0.2) is 0 Å². The number of hydrogen-bond donors (Lipinski definition) is 2. The van der Waals surface area contributed by atoms with Crippen LogP contribution in [0.5, 0.6) is 0 Å². The first-order chi connectivity index (χ1) is 12.4. The first-order valence-electron chi connectivity index (χ1n) is 9.65. The summed E-state index contributed by atoms with van der Waals surface area (Å²) in [5, 5.41) is 2.88. The SMILES string of the molecule is CC1CCN1CCS(=O)(=O)NC(=O)Nc1c2c(cc3c1CCC3)CCC2. The van der Waals surface area contributed by atoms with E-state index in [0.29, 0.717) is 12.6 Å². The van der Waals surface area contributed by atoms with E-state index >= 15 is 0 Å². The number of likely N-dealkylation sites (tertiary alicyclic amines) is 1. The van der Waals surface area contributed by atoms with Crippen LogP contribution >= 0.6 is 0 Å². The molecule has 1 saturated heterocycles. The van der Waals surface area contributed by atoms with E-state index in [1.165, 1.54) is 22.3 Å². The molecule has 0 bridgehead atoms. The maximum absolute atomic E-state index is 12.4. The normalized spacial score (nSPS) is 21.8. The quantitative estimate of drug-likeness (QED) is 0.825. The Morgan fingerprint density at radius 2 is 1.81 bits per heavy atom. The van der Waals surface area contributed by atoms with Crippen LogP contribution in [-0.2, 0) is 35.7 Å². The molecule has 1 aromatic rings. The van der Waals surface area contributed by atoms with E-state index in [1.54, 1.807) is 0 Å². The second-order valence-corrected chi connectivity index (χ2v) is 9.62. The number of hydrogen-bond acceptors (Lipinski definition) is 4. The van der Waals surface area contributed by atoms with Gasteiger partial charge in [0.25, 0.3) is 0 Å². The van der Waals surface area contributed by atoms with Crippen molar-refractivity contribution in [3.63, 3.8) is 0 Å². The molecule has 0 radical (unpaired) electrons. The number of fused-ring (bicyclic) bond motifs is 2. The van der Waals surface area contributed by atoms with E-state index in [4.69, 9.17) is 0 Å². The summed E-state index contributed by atoms with van der Waals surface area (Å²) in [4.78, 5) is 14.5. The van der Waals surface area contributed by atoms with E-state index in [2.05, 4.69) is 27.9 Å². The summed E-state index contributed by atoms with van der Waals surface area (Å²) < 4.78 is 26.7. The molecule has 7 heteroatoms. The van der Waals surface area contributed by atoms with Crippen LogP contribution in [0.3, 0.4) is 0 Å². The first-order valence-corrected chi connectivity index (χ1v) is 11.3. The summed E-state index contributed by atoms with van der Waals surface area (Å²) in [6.45, 7) is 3.50. The van der Waals surface area contributed by atoms with Crippen LogP contribution < -0.4 is 10.0 Å². The van der Waals surface area contributed by atoms with Crippen molar-refractivity contribution in [3.8, 4) is 0 Å². The molecule has 1 aromatic carbocycles. The topological polar surface area (TPSA) is 78.5 Å². The van der Waals surface area contributed by atoms with Crippen LogP contribution in [0.15, 0.2) is 6.07 Å². The minimum atomic E-state index is -3.63. The minimum Gasteiger partial charge on any atom is -0.307 e. The van der Waals surface area contributed by atoms with Crippen molar-refractivity contribution >= 4 is 21.7 Å². The predicted octanol–water partition coefficient (Wildman–Crippen LogP) is 2.21. The molecule has 26 heavy (non-hydrogen) atoms. The van der Waals surface area contributed by atoms with Crippen LogP contribution in [0.25, 0.3) is 0 Å². The number of rotatable bonds is 5. The molecule has 0 aromatic heterocycles. The molecule has 2 N–H and O–H groups in total. The third kappa shape index (κ3) is 3.47. The Labute approximate surface area is 155 Å². The summed E-state index contributed by atoms with van der Waals surface area (Å²) in [7, 11) is -3.63. The molecule has 2 amide bonds. The molecule has 142 valence electrons. The van der Waals surface area contributed by atoms with E-state index < -0.39 is 16.1 Å². The molecule has 1 aliphatic heterocycles. The van der Waals surface area contributed by atoms with Crippen molar-refractivity contribution in [3.05, 3.63) is 28.3 Å². The molecule has 0 spiro atoms. The number of carbonyl (C=O) groups excluding carboxylic acids is 1. The molecular weight excluding hydrogens is 350 g/mol. The molecular formula is C19H27N3O3S. The van der Waals surface area contributed by atoms with Gasteiger partial charge >= 0.3 is 6.03 Å². The molecule has 2 aliphatic carbocycles. The van der Waals surface area contributed by atoms with Gasteiger partial charge in [-0.15, -0.1) is 0 Å². The zero-order chi connectivity index (χ0) is 18.3. The maximum Gasteiger partial charge on any atom is 0.332 e. The van der Waals surface area contributed by atoms with Crippen molar-refractivity contribution < 1.29 is 13.2 Å². The van der Waals surface area contributed by atoms with Crippen molar-refractivity contribution in [2.45, 2.75) is 57.9 Å². The highest BCUT2D eigenvalue weighted by Gasteiger charge is 2.27. The van der Waals surface area contributed by atoms with Gasteiger partial charge < -0.3 is 5.32 Å². The largest absolute Gasteiger partial charge is 0.332 e. The Balaban J connectivity index is 1.44. The number of benzene rings is 1. The predicted molar refractivity (Wildman–Crippen MR) is 102 cm³/mol. The van der Waals surface area contributed by atoms with Crippen LogP contribution in [0.4, 0.5) is 10.5 Å². The molecule has 0 saturated carbocycles. The molecule has 1 heterocycles. The van der Waals surface area contributed by atoms with E-state index in [-0.39, 0.29) is 5.75 Å². The highest BCUT2D eigenvalue weighted by Crippen LogP contribution is 2.38. The number of urea groups is 1. The lowest BCUT2D eigenvalue weighted by molar-refractivity contribution is 0.114. The Morgan fingerprint density at radius 3 is 2.35 bits per heavy atom. The monoisotopic (exact) mass is 377 g/mol. The van der Waals surface area contributed by atoms with Crippen molar-refractivity contribution in [2.75, 3.05) is 24.2 Å². The van der Waals surface area contributed by atoms with Gasteiger partial charge in [-0.2, -0.15) is 0 Å². The van der Waals surface area contributed by atoms with Crippen molar-refractivity contribution in [1.82, 2.24) is 9.62 Å².